The number of hydrogen-bond acceptors (Lipinski definition) is 3. The maximum Gasteiger partial charge on any atom is 0.157 e. The van der Waals surface area contributed by atoms with E-state index in [9.17, 15) is 5.11 Å². The molecule has 1 unspecified atom stereocenters. The summed E-state index contributed by atoms with van der Waals surface area (Å²) in [6, 6.07) is 0. The van der Waals surface area contributed by atoms with Gasteiger partial charge in [0.15, 0.2) is 11.5 Å². The Bertz CT molecular complexity index is 310. The van der Waals surface area contributed by atoms with Crippen LogP contribution in [-0.2, 0) is 4.74 Å². The van der Waals surface area contributed by atoms with Gasteiger partial charge in [0.25, 0.3) is 0 Å². The molecule has 0 bridgehead atoms. The molecule has 1 N–H and O–H groups in total. The van der Waals surface area contributed by atoms with Crippen LogP contribution in [0.3, 0.4) is 0 Å². The molecule has 0 spiro atoms. The number of rotatable bonds is 3. The van der Waals surface area contributed by atoms with E-state index in [1.807, 2.05) is 13.0 Å². The highest BCUT2D eigenvalue weighted by Gasteiger charge is 2.30. The van der Waals surface area contributed by atoms with E-state index in [-0.39, 0.29) is 11.2 Å². The van der Waals surface area contributed by atoms with Gasteiger partial charge in [0, 0.05) is 5.75 Å². The second-order valence-corrected chi connectivity index (χ2v) is 5.57. The Morgan fingerprint density at radius 1 is 1.50 bits per heavy atom. The molecule has 0 aromatic carbocycles. The number of hydrogen-bond donors (Lipinski definition) is 2. The van der Waals surface area contributed by atoms with Gasteiger partial charge in [-0.25, -0.2) is 0 Å². The molecule has 16 heavy (non-hydrogen) atoms. The summed E-state index contributed by atoms with van der Waals surface area (Å²) >= 11 is 4.27. The van der Waals surface area contributed by atoms with E-state index < -0.39 is 0 Å². The third-order valence-corrected chi connectivity index (χ3v) is 3.37. The predicted molar refractivity (Wildman–Crippen MR) is 70.8 cm³/mol. The number of ether oxygens (including phenoxy) is 1. The fraction of sp³-hybridized carbons (Fsp3) is 0.692. The Labute approximate surface area is 104 Å². The van der Waals surface area contributed by atoms with Gasteiger partial charge in [-0.2, -0.15) is 12.6 Å². The molecule has 1 atom stereocenters. The molecule has 0 radical (unpaired) electrons. The summed E-state index contributed by atoms with van der Waals surface area (Å²) < 4.78 is 5.47. The topological polar surface area (TPSA) is 29.5 Å². The van der Waals surface area contributed by atoms with Crippen LogP contribution in [0.5, 0.6) is 0 Å². The van der Waals surface area contributed by atoms with Gasteiger partial charge in [0.2, 0.25) is 0 Å². The number of allylic oxidation sites excluding steroid dienone is 1. The molecule has 0 saturated carbocycles. The first kappa shape index (κ1) is 13.5. The zero-order valence-electron chi connectivity index (χ0n) is 10.6. The zero-order chi connectivity index (χ0) is 12.3. The van der Waals surface area contributed by atoms with Crippen LogP contribution in [0.25, 0.3) is 0 Å². The summed E-state index contributed by atoms with van der Waals surface area (Å²) in [6.07, 6.45) is 2.92. The summed E-state index contributed by atoms with van der Waals surface area (Å²) in [7, 11) is 0. The summed E-state index contributed by atoms with van der Waals surface area (Å²) in [5.41, 5.74) is 1.16. The van der Waals surface area contributed by atoms with Crippen LogP contribution in [0.2, 0.25) is 0 Å². The average molecular weight is 242 g/mol. The SMILES string of the molecule is CCOC1=CC(C(C)(C)C)CC(CS)=C1O. The lowest BCUT2D eigenvalue weighted by Gasteiger charge is -2.32. The molecule has 3 heteroatoms. The molecule has 0 aliphatic heterocycles. The van der Waals surface area contributed by atoms with E-state index in [0.717, 1.165) is 12.0 Å². The summed E-state index contributed by atoms with van der Waals surface area (Å²) in [4.78, 5) is 0. The summed E-state index contributed by atoms with van der Waals surface area (Å²) in [5.74, 6) is 1.89. The molecule has 1 aliphatic rings. The molecule has 0 amide bonds. The van der Waals surface area contributed by atoms with Gasteiger partial charge in [-0.15, -0.1) is 0 Å². The number of aliphatic hydroxyl groups excluding tert-OH is 1. The summed E-state index contributed by atoms with van der Waals surface area (Å²) in [5, 5.41) is 9.98. The third-order valence-electron chi connectivity index (χ3n) is 2.99. The second-order valence-electron chi connectivity index (χ2n) is 5.25. The van der Waals surface area contributed by atoms with Crippen LogP contribution in [0.4, 0.5) is 0 Å². The molecule has 0 aromatic heterocycles. The van der Waals surface area contributed by atoms with Crippen LogP contribution in [0, 0.1) is 11.3 Å². The highest BCUT2D eigenvalue weighted by atomic mass is 32.1. The van der Waals surface area contributed by atoms with Crippen molar-refractivity contribution in [1.29, 1.82) is 0 Å². The first-order chi connectivity index (χ1) is 7.40. The van der Waals surface area contributed by atoms with Crippen LogP contribution >= 0.6 is 12.6 Å². The van der Waals surface area contributed by atoms with Gasteiger partial charge in [-0.05, 0) is 36.3 Å². The lowest BCUT2D eigenvalue weighted by molar-refractivity contribution is 0.186. The zero-order valence-corrected chi connectivity index (χ0v) is 11.5. The number of thiol groups is 1. The van der Waals surface area contributed by atoms with Crippen LogP contribution in [0.15, 0.2) is 23.2 Å². The molecular formula is C13H22O2S. The van der Waals surface area contributed by atoms with Gasteiger partial charge >= 0.3 is 0 Å². The van der Waals surface area contributed by atoms with E-state index in [2.05, 4.69) is 33.4 Å². The Kier molecular flexibility index (Phi) is 4.36. The van der Waals surface area contributed by atoms with E-state index in [1.165, 1.54) is 0 Å². The van der Waals surface area contributed by atoms with Crippen LogP contribution in [-0.4, -0.2) is 17.5 Å². The quantitative estimate of drug-likeness (QED) is 0.739. The highest BCUT2D eigenvalue weighted by Crippen LogP contribution is 2.38. The molecule has 92 valence electrons. The maximum absolute atomic E-state index is 9.98. The standard InChI is InChI=1S/C13H22O2S/c1-5-15-11-7-10(13(2,3)4)6-9(8-16)12(11)14/h7,10,14,16H,5-6,8H2,1-4H3. The molecule has 0 aromatic rings. The van der Waals surface area contributed by atoms with E-state index in [4.69, 9.17) is 4.74 Å². The van der Waals surface area contributed by atoms with Crippen molar-refractivity contribution in [3.8, 4) is 0 Å². The smallest absolute Gasteiger partial charge is 0.157 e. The Morgan fingerprint density at radius 3 is 2.56 bits per heavy atom. The van der Waals surface area contributed by atoms with Crippen LogP contribution in [0.1, 0.15) is 34.1 Å². The lowest BCUT2D eigenvalue weighted by atomic mass is 9.75. The average Bonchev–Trinajstić information content (AvgIpc) is 2.19. The van der Waals surface area contributed by atoms with Crippen molar-refractivity contribution in [3.05, 3.63) is 23.2 Å². The molecule has 0 saturated heterocycles. The highest BCUT2D eigenvalue weighted by molar-refractivity contribution is 7.80. The van der Waals surface area contributed by atoms with Crippen molar-refractivity contribution in [3.63, 3.8) is 0 Å². The van der Waals surface area contributed by atoms with Gasteiger partial charge < -0.3 is 9.84 Å². The molecular weight excluding hydrogens is 220 g/mol. The monoisotopic (exact) mass is 242 g/mol. The van der Waals surface area contributed by atoms with E-state index >= 15 is 0 Å². The maximum atomic E-state index is 9.98. The van der Waals surface area contributed by atoms with E-state index in [0.29, 0.717) is 24.0 Å². The minimum Gasteiger partial charge on any atom is -0.504 e. The minimum atomic E-state index is 0.178. The summed E-state index contributed by atoms with van der Waals surface area (Å²) in [6.45, 7) is 9.12. The van der Waals surface area contributed by atoms with Crippen LogP contribution < -0.4 is 0 Å². The predicted octanol–water partition coefficient (Wildman–Crippen LogP) is 3.71. The Balaban J connectivity index is 3.00. The largest absolute Gasteiger partial charge is 0.504 e. The van der Waals surface area contributed by atoms with E-state index in [1.54, 1.807) is 0 Å². The first-order valence-electron chi connectivity index (χ1n) is 5.77. The first-order valence-corrected chi connectivity index (χ1v) is 6.40. The fourth-order valence-corrected chi connectivity index (χ4v) is 2.10. The number of aliphatic hydroxyl groups is 1. The molecule has 1 aliphatic carbocycles. The molecule has 1 rings (SSSR count). The van der Waals surface area contributed by atoms with Crippen molar-refractivity contribution in [1.82, 2.24) is 0 Å². The normalized spacial score (nSPS) is 22.1. The minimum absolute atomic E-state index is 0.178. The Morgan fingerprint density at radius 2 is 2.12 bits per heavy atom. The fourth-order valence-electron chi connectivity index (χ4n) is 1.82. The molecule has 0 heterocycles. The Hall–Kier alpha value is -0.570. The molecule has 0 fully saturated rings. The van der Waals surface area contributed by atoms with Gasteiger partial charge in [-0.1, -0.05) is 20.8 Å². The van der Waals surface area contributed by atoms with Gasteiger partial charge in [0.05, 0.1) is 6.61 Å². The van der Waals surface area contributed by atoms with Gasteiger partial charge in [-0.3, -0.25) is 0 Å². The van der Waals surface area contributed by atoms with Gasteiger partial charge in [0.1, 0.15) is 0 Å². The second kappa shape index (κ2) is 5.17. The van der Waals surface area contributed by atoms with Crippen molar-refractivity contribution in [2.45, 2.75) is 34.1 Å². The van der Waals surface area contributed by atoms with Crippen molar-refractivity contribution >= 4 is 12.6 Å². The van der Waals surface area contributed by atoms with Crippen molar-refractivity contribution in [2.24, 2.45) is 11.3 Å². The van der Waals surface area contributed by atoms with Crippen molar-refractivity contribution < 1.29 is 9.84 Å². The molecule has 2 nitrogen and oxygen atoms in total. The third kappa shape index (κ3) is 2.97. The van der Waals surface area contributed by atoms with Crippen molar-refractivity contribution in [2.75, 3.05) is 12.4 Å². The lowest BCUT2D eigenvalue weighted by Crippen LogP contribution is -2.24.